The summed E-state index contributed by atoms with van der Waals surface area (Å²) in [7, 11) is 1.91. The molecule has 0 bridgehead atoms. The lowest BCUT2D eigenvalue weighted by Gasteiger charge is -2.18. The minimum atomic E-state index is -2.82. The van der Waals surface area contributed by atoms with Gasteiger partial charge in [0.05, 0.1) is 6.54 Å². The predicted molar refractivity (Wildman–Crippen MR) is 71.5 cm³/mol. The van der Waals surface area contributed by atoms with Crippen molar-refractivity contribution >= 4 is 0 Å². The van der Waals surface area contributed by atoms with E-state index in [1.54, 1.807) is 30.5 Å². The van der Waals surface area contributed by atoms with Gasteiger partial charge in [-0.2, -0.15) is 8.78 Å². The molecule has 0 radical (unpaired) electrons. The largest absolute Gasteiger partial charge is 0.434 e. The molecular formula is C14H17F2N3O. The first-order valence-electron chi connectivity index (χ1n) is 6.31. The van der Waals surface area contributed by atoms with E-state index in [4.69, 9.17) is 0 Å². The first-order chi connectivity index (χ1) is 9.58. The van der Waals surface area contributed by atoms with Crippen molar-refractivity contribution in [2.24, 2.45) is 7.05 Å². The Hall–Kier alpha value is -1.95. The van der Waals surface area contributed by atoms with Gasteiger partial charge in [-0.3, -0.25) is 0 Å². The third kappa shape index (κ3) is 3.54. The third-order valence-corrected chi connectivity index (χ3v) is 3.09. The minimum Gasteiger partial charge on any atom is -0.434 e. The molecule has 1 aromatic carbocycles. The number of benzene rings is 1. The quantitative estimate of drug-likeness (QED) is 0.885. The molecule has 20 heavy (non-hydrogen) atoms. The summed E-state index contributed by atoms with van der Waals surface area (Å²) in [5, 5.41) is 3.25. The van der Waals surface area contributed by atoms with E-state index in [9.17, 15) is 8.78 Å². The summed E-state index contributed by atoms with van der Waals surface area (Å²) < 4.78 is 31.2. The zero-order chi connectivity index (χ0) is 14.5. The number of aromatic nitrogens is 2. The van der Waals surface area contributed by atoms with E-state index in [0.29, 0.717) is 12.1 Å². The highest BCUT2D eigenvalue weighted by atomic mass is 19.3. The molecule has 1 N–H and O–H groups in total. The van der Waals surface area contributed by atoms with Gasteiger partial charge in [-0.25, -0.2) is 4.98 Å². The molecule has 0 spiro atoms. The Morgan fingerprint density at radius 3 is 2.75 bits per heavy atom. The number of alkyl halides is 2. The van der Waals surface area contributed by atoms with Crippen LogP contribution in [0.15, 0.2) is 36.7 Å². The molecule has 2 aromatic rings. The molecule has 0 amide bonds. The fraction of sp³-hybridized carbons (Fsp3) is 0.357. The molecule has 0 aliphatic heterocycles. The van der Waals surface area contributed by atoms with Gasteiger partial charge in [0.25, 0.3) is 0 Å². The van der Waals surface area contributed by atoms with Crippen molar-refractivity contribution < 1.29 is 13.5 Å². The Balaban J connectivity index is 2.05. The van der Waals surface area contributed by atoms with Crippen molar-refractivity contribution in [1.82, 2.24) is 14.9 Å². The second kappa shape index (κ2) is 6.47. The molecule has 0 aliphatic rings. The maximum absolute atomic E-state index is 12.4. The van der Waals surface area contributed by atoms with Crippen molar-refractivity contribution in [3.8, 4) is 5.75 Å². The fourth-order valence-electron chi connectivity index (χ4n) is 1.96. The zero-order valence-electron chi connectivity index (χ0n) is 11.4. The Kier molecular flexibility index (Phi) is 4.68. The fourth-order valence-corrected chi connectivity index (χ4v) is 1.96. The van der Waals surface area contributed by atoms with Crippen LogP contribution in [0.2, 0.25) is 0 Å². The van der Waals surface area contributed by atoms with Gasteiger partial charge in [-0.1, -0.05) is 18.2 Å². The van der Waals surface area contributed by atoms with Gasteiger partial charge in [0.15, 0.2) is 0 Å². The number of aryl methyl sites for hydroxylation is 1. The van der Waals surface area contributed by atoms with Crippen LogP contribution >= 0.6 is 0 Å². The van der Waals surface area contributed by atoms with Crippen LogP contribution in [0.4, 0.5) is 8.78 Å². The Morgan fingerprint density at radius 2 is 2.10 bits per heavy atom. The molecule has 0 fully saturated rings. The van der Waals surface area contributed by atoms with Crippen LogP contribution in [0.25, 0.3) is 0 Å². The summed E-state index contributed by atoms with van der Waals surface area (Å²) in [4.78, 5) is 4.20. The van der Waals surface area contributed by atoms with Gasteiger partial charge in [0.1, 0.15) is 11.6 Å². The molecule has 1 heterocycles. The zero-order valence-corrected chi connectivity index (χ0v) is 11.4. The average Bonchev–Trinajstić information content (AvgIpc) is 2.81. The topological polar surface area (TPSA) is 39.1 Å². The number of ether oxygens (including phenoxy) is 1. The summed E-state index contributed by atoms with van der Waals surface area (Å²) in [6.07, 6.45) is 3.57. The van der Waals surface area contributed by atoms with Crippen molar-refractivity contribution in [1.29, 1.82) is 0 Å². The molecular weight excluding hydrogens is 264 g/mol. The molecule has 0 saturated heterocycles. The number of imidazole rings is 1. The van der Waals surface area contributed by atoms with Crippen LogP contribution in [0.5, 0.6) is 5.75 Å². The first kappa shape index (κ1) is 14.5. The predicted octanol–water partition coefficient (Wildman–Crippen LogP) is 2.87. The maximum Gasteiger partial charge on any atom is 0.387 e. The van der Waals surface area contributed by atoms with Crippen LogP contribution in [-0.4, -0.2) is 16.2 Å². The molecule has 0 aliphatic carbocycles. The van der Waals surface area contributed by atoms with E-state index in [-0.39, 0.29) is 11.8 Å². The Morgan fingerprint density at radius 1 is 1.35 bits per heavy atom. The van der Waals surface area contributed by atoms with Crippen LogP contribution in [0.1, 0.15) is 24.4 Å². The van der Waals surface area contributed by atoms with E-state index in [1.165, 1.54) is 0 Å². The summed E-state index contributed by atoms with van der Waals surface area (Å²) in [6.45, 7) is -0.373. The highest BCUT2D eigenvalue weighted by Gasteiger charge is 2.14. The molecule has 1 aromatic heterocycles. The molecule has 2 rings (SSSR count). The van der Waals surface area contributed by atoms with Gasteiger partial charge in [0, 0.05) is 31.0 Å². The van der Waals surface area contributed by atoms with E-state index >= 15 is 0 Å². The third-order valence-electron chi connectivity index (χ3n) is 3.09. The van der Waals surface area contributed by atoms with Crippen LogP contribution < -0.4 is 10.1 Å². The summed E-state index contributed by atoms with van der Waals surface area (Å²) in [6, 6.07) is 6.66. The van der Waals surface area contributed by atoms with Crippen molar-refractivity contribution in [3.05, 3.63) is 48.0 Å². The van der Waals surface area contributed by atoms with E-state index in [0.717, 1.165) is 5.82 Å². The van der Waals surface area contributed by atoms with Gasteiger partial charge < -0.3 is 14.6 Å². The second-order valence-corrected chi connectivity index (χ2v) is 4.47. The van der Waals surface area contributed by atoms with E-state index in [1.807, 2.05) is 24.7 Å². The Bertz CT molecular complexity index is 557. The van der Waals surface area contributed by atoms with E-state index in [2.05, 4.69) is 15.0 Å². The lowest BCUT2D eigenvalue weighted by molar-refractivity contribution is -0.0506. The monoisotopic (exact) mass is 281 g/mol. The number of halogens is 2. The first-order valence-corrected chi connectivity index (χ1v) is 6.31. The number of para-hydroxylation sites is 1. The normalized spacial score (nSPS) is 12.7. The van der Waals surface area contributed by atoms with Crippen molar-refractivity contribution in [2.45, 2.75) is 26.1 Å². The molecule has 4 nitrogen and oxygen atoms in total. The number of nitrogens with zero attached hydrogens (tertiary/aromatic N) is 2. The van der Waals surface area contributed by atoms with Crippen LogP contribution in [0.3, 0.4) is 0 Å². The summed E-state index contributed by atoms with van der Waals surface area (Å²) in [5.74, 6) is 1.08. The molecule has 6 heteroatoms. The Labute approximate surface area is 116 Å². The second-order valence-electron chi connectivity index (χ2n) is 4.47. The molecule has 0 saturated carbocycles. The highest BCUT2D eigenvalue weighted by molar-refractivity contribution is 5.35. The standard InChI is InChI=1S/C14H17F2N3O/c1-10(18-9-13-17-7-8-19(13)2)11-5-3-4-6-12(11)20-14(15)16/h3-8,10,14,18H,9H2,1-2H3. The molecule has 108 valence electrons. The minimum absolute atomic E-state index is 0.123. The van der Waals surface area contributed by atoms with E-state index < -0.39 is 6.61 Å². The summed E-state index contributed by atoms with van der Waals surface area (Å²) in [5.41, 5.74) is 0.696. The number of nitrogens with one attached hydrogen (secondary N) is 1. The van der Waals surface area contributed by atoms with Crippen LogP contribution in [-0.2, 0) is 13.6 Å². The van der Waals surface area contributed by atoms with Gasteiger partial charge in [-0.05, 0) is 13.0 Å². The van der Waals surface area contributed by atoms with Gasteiger partial charge in [0.2, 0.25) is 0 Å². The molecule has 1 unspecified atom stereocenters. The molecule has 1 atom stereocenters. The van der Waals surface area contributed by atoms with Crippen molar-refractivity contribution in [3.63, 3.8) is 0 Å². The lowest BCUT2D eigenvalue weighted by Crippen LogP contribution is -2.21. The summed E-state index contributed by atoms with van der Waals surface area (Å²) >= 11 is 0. The van der Waals surface area contributed by atoms with Gasteiger partial charge >= 0.3 is 6.61 Å². The number of hydrogen-bond acceptors (Lipinski definition) is 3. The lowest BCUT2D eigenvalue weighted by atomic mass is 10.1. The average molecular weight is 281 g/mol. The number of hydrogen-bond donors (Lipinski definition) is 1. The van der Waals surface area contributed by atoms with Gasteiger partial charge in [-0.15, -0.1) is 0 Å². The smallest absolute Gasteiger partial charge is 0.387 e. The highest BCUT2D eigenvalue weighted by Crippen LogP contribution is 2.26. The SMILES string of the molecule is CC(NCc1nccn1C)c1ccccc1OC(F)F. The van der Waals surface area contributed by atoms with Crippen LogP contribution in [0, 0.1) is 0 Å². The number of rotatable bonds is 6. The maximum atomic E-state index is 12.4. The van der Waals surface area contributed by atoms with Crippen molar-refractivity contribution in [2.75, 3.05) is 0 Å².